The van der Waals surface area contributed by atoms with E-state index in [1.807, 2.05) is 0 Å². The summed E-state index contributed by atoms with van der Waals surface area (Å²) >= 11 is 0. The molecule has 4 heteroatoms. The van der Waals surface area contributed by atoms with Crippen LogP contribution in [0.2, 0.25) is 0 Å². The van der Waals surface area contributed by atoms with Crippen molar-refractivity contribution in [3.8, 4) is 17.9 Å². The summed E-state index contributed by atoms with van der Waals surface area (Å²) in [6.07, 6.45) is 0. The van der Waals surface area contributed by atoms with Gasteiger partial charge >= 0.3 is 0 Å². The van der Waals surface area contributed by atoms with E-state index in [1.165, 1.54) is 6.07 Å². The Kier molecular flexibility index (Phi) is 3.05. The Bertz CT molecular complexity index is 516. The van der Waals surface area contributed by atoms with Crippen LogP contribution in [0.5, 0.6) is 0 Å². The first kappa shape index (κ1) is 10.7. The number of hydrogen-bond acceptors (Lipinski definition) is 3. The van der Waals surface area contributed by atoms with Crippen LogP contribution in [0.1, 0.15) is 16.7 Å². The van der Waals surface area contributed by atoms with Crippen LogP contribution in [0.25, 0.3) is 0 Å². The molecule has 0 radical (unpaired) electrons. The average Bonchev–Trinajstić information content (AvgIpc) is 2.15. The predicted octanol–water partition coefficient (Wildman–Crippen LogP) is 2.09. The highest BCUT2D eigenvalue weighted by Gasteiger charge is 2.14. The Hall–Kier alpha value is -2.33. The highest BCUT2D eigenvalue weighted by atomic mass is 16.6. The van der Waals surface area contributed by atoms with Gasteiger partial charge in [-0.25, -0.2) is 0 Å². The summed E-state index contributed by atoms with van der Waals surface area (Å²) < 4.78 is 0. The zero-order chi connectivity index (χ0) is 11.4. The van der Waals surface area contributed by atoms with E-state index in [9.17, 15) is 10.1 Å². The second-order valence-electron chi connectivity index (χ2n) is 3.09. The second-order valence-corrected chi connectivity index (χ2v) is 3.09. The van der Waals surface area contributed by atoms with Gasteiger partial charge in [-0.15, -0.1) is 0 Å². The van der Waals surface area contributed by atoms with Gasteiger partial charge in [0.15, 0.2) is 6.07 Å². The number of hydrogen-bond donors (Lipinski definition) is 0. The van der Waals surface area contributed by atoms with Crippen LogP contribution in [0.4, 0.5) is 5.69 Å². The maximum atomic E-state index is 10.7. The van der Waals surface area contributed by atoms with Crippen molar-refractivity contribution in [1.29, 1.82) is 5.26 Å². The van der Waals surface area contributed by atoms with Crippen LogP contribution in [-0.4, -0.2) is 4.92 Å². The Balaban J connectivity index is 3.48. The van der Waals surface area contributed by atoms with Crippen LogP contribution in [0, 0.1) is 47.1 Å². The number of nitrogens with zero attached hydrogens (tertiary/aromatic N) is 2. The standard InChI is InChI=1S/C11H8N2O2/c1-8-6-9(2)10(4-3-5-12)11(7-8)13(14)15/h6-7H,1-2H3. The molecular formula is C11H8N2O2. The molecule has 0 saturated carbocycles. The van der Waals surface area contributed by atoms with Gasteiger partial charge in [0.2, 0.25) is 0 Å². The van der Waals surface area contributed by atoms with E-state index in [-0.39, 0.29) is 5.69 Å². The lowest BCUT2D eigenvalue weighted by molar-refractivity contribution is -0.385. The molecule has 0 saturated heterocycles. The molecule has 4 nitrogen and oxygen atoms in total. The molecule has 0 aliphatic rings. The molecule has 1 aromatic rings. The topological polar surface area (TPSA) is 66.9 Å². The predicted molar refractivity (Wildman–Crippen MR) is 55.1 cm³/mol. The van der Waals surface area contributed by atoms with Gasteiger partial charge in [0.1, 0.15) is 5.56 Å². The number of aryl methyl sites for hydroxylation is 2. The first-order chi connectivity index (χ1) is 7.06. The first-order valence-corrected chi connectivity index (χ1v) is 4.22. The van der Waals surface area contributed by atoms with E-state index in [0.29, 0.717) is 11.1 Å². The van der Waals surface area contributed by atoms with E-state index in [2.05, 4.69) is 11.8 Å². The molecule has 0 amide bonds. The second kappa shape index (κ2) is 4.26. The fourth-order valence-electron chi connectivity index (χ4n) is 1.34. The molecule has 0 aromatic heterocycles. The van der Waals surface area contributed by atoms with Crippen molar-refractivity contribution >= 4 is 5.69 Å². The molecule has 15 heavy (non-hydrogen) atoms. The van der Waals surface area contributed by atoms with Gasteiger partial charge in [-0.2, -0.15) is 5.26 Å². The molecule has 0 aliphatic heterocycles. The highest BCUT2D eigenvalue weighted by Crippen LogP contribution is 2.22. The van der Waals surface area contributed by atoms with Gasteiger partial charge in [-0.1, -0.05) is 6.07 Å². The van der Waals surface area contributed by atoms with Gasteiger partial charge in [0, 0.05) is 12.0 Å². The molecule has 74 valence electrons. The lowest BCUT2D eigenvalue weighted by atomic mass is 10.0. The summed E-state index contributed by atoms with van der Waals surface area (Å²) in [5.74, 6) is 4.66. The Morgan fingerprint density at radius 2 is 2.07 bits per heavy atom. The number of rotatable bonds is 1. The van der Waals surface area contributed by atoms with Crippen LogP contribution >= 0.6 is 0 Å². The summed E-state index contributed by atoms with van der Waals surface area (Å²) in [6, 6.07) is 4.89. The van der Waals surface area contributed by atoms with Gasteiger partial charge in [0.25, 0.3) is 5.69 Å². The fraction of sp³-hybridized carbons (Fsp3) is 0.182. The SMILES string of the molecule is Cc1cc(C)c(C#CC#N)c([N+](=O)[O-])c1. The third kappa shape index (κ3) is 2.32. The smallest absolute Gasteiger partial charge is 0.258 e. The molecule has 0 bridgehead atoms. The Morgan fingerprint density at radius 3 is 2.60 bits per heavy atom. The van der Waals surface area contributed by atoms with Crippen molar-refractivity contribution in [2.45, 2.75) is 13.8 Å². The van der Waals surface area contributed by atoms with E-state index in [1.54, 1.807) is 26.0 Å². The van der Waals surface area contributed by atoms with Crippen molar-refractivity contribution in [1.82, 2.24) is 0 Å². The van der Waals surface area contributed by atoms with Crippen LogP contribution in [0.3, 0.4) is 0 Å². The molecular weight excluding hydrogens is 192 g/mol. The molecule has 1 rings (SSSR count). The largest absolute Gasteiger partial charge is 0.285 e. The monoisotopic (exact) mass is 200 g/mol. The first-order valence-electron chi connectivity index (χ1n) is 4.22. The van der Waals surface area contributed by atoms with Crippen LogP contribution in [-0.2, 0) is 0 Å². The fourth-order valence-corrected chi connectivity index (χ4v) is 1.34. The maximum Gasteiger partial charge on any atom is 0.285 e. The van der Waals surface area contributed by atoms with Crippen molar-refractivity contribution in [2.24, 2.45) is 0 Å². The number of nitro groups is 1. The third-order valence-electron chi connectivity index (χ3n) is 1.90. The lowest BCUT2D eigenvalue weighted by Gasteiger charge is -2.01. The van der Waals surface area contributed by atoms with Crippen molar-refractivity contribution in [2.75, 3.05) is 0 Å². The summed E-state index contributed by atoms with van der Waals surface area (Å²) in [5.41, 5.74) is 1.79. The highest BCUT2D eigenvalue weighted by molar-refractivity contribution is 5.57. The molecule has 0 aliphatic carbocycles. The van der Waals surface area contributed by atoms with Crippen molar-refractivity contribution < 1.29 is 4.92 Å². The average molecular weight is 200 g/mol. The van der Waals surface area contributed by atoms with Crippen LogP contribution < -0.4 is 0 Å². The number of nitro benzene ring substituents is 1. The van der Waals surface area contributed by atoms with E-state index < -0.39 is 4.92 Å². The minimum Gasteiger partial charge on any atom is -0.258 e. The minimum absolute atomic E-state index is 0.0461. The van der Waals surface area contributed by atoms with E-state index in [4.69, 9.17) is 5.26 Å². The van der Waals surface area contributed by atoms with Crippen LogP contribution in [0.15, 0.2) is 12.1 Å². The lowest BCUT2D eigenvalue weighted by Crippen LogP contribution is -1.95. The molecule has 0 heterocycles. The van der Waals surface area contributed by atoms with E-state index in [0.717, 1.165) is 5.56 Å². The molecule has 0 N–H and O–H groups in total. The molecule has 0 atom stereocenters. The van der Waals surface area contributed by atoms with Gasteiger partial charge in [-0.05, 0) is 30.9 Å². The number of nitriles is 1. The number of benzene rings is 1. The third-order valence-corrected chi connectivity index (χ3v) is 1.90. The van der Waals surface area contributed by atoms with Gasteiger partial charge < -0.3 is 0 Å². The summed E-state index contributed by atoms with van der Waals surface area (Å²) in [4.78, 5) is 10.3. The zero-order valence-electron chi connectivity index (χ0n) is 8.37. The maximum absolute atomic E-state index is 10.7. The van der Waals surface area contributed by atoms with Gasteiger partial charge in [-0.3, -0.25) is 10.1 Å². The van der Waals surface area contributed by atoms with Crippen molar-refractivity contribution in [3.63, 3.8) is 0 Å². The Morgan fingerprint density at radius 1 is 1.40 bits per heavy atom. The Labute approximate surface area is 87.3 Å². The molecule has 1 aromatic carbocycles. The zero-order valence-corrected chi connectivity index (χ0v) is 8.37. The van der Waals surface area contributed by atoms with Gasteiger partial charge in [0.05, 0.1) is 4.92 Å². The quantitative estimate of drug-likeness (QED) is 0.396. The summed E-state index contributed by atoms with van der Waals surface area (Å²) in [6.45, 7) is 3.52. The normalized spacial score (nSPS) is 8.60. The molecule has 0 fully saturated rings. The summed E-state index contributed by atoms with van der Waals surface area (Å²) in [5, 5.41) is 19.1. The van der Waals surface area contributed by atoms with Crippen molar-refractivity contribution in [3.05, 3.63) is 38.9 Å². The summed E-state index contributed by atoms with van der Waals surface area (Å²) in [7, 11) is 0. The molecule has 0 unspecified atom stereocenters. The molecule has 0 spiro atoms. The minimum atomic E-state index is -0.485. The van der Waals surface area contributed by atoms with E-state index >= 15 is 0 Å².